The Morgan fingerprint density at radius 1 is 1.07 bits per heavy atom. The Labute approximate surface area is 179 Å². The molecule has 7 heteroatoms. The van der Waals surface area contributed by atoms with Crippen LogP contribution in [0.5, 0.6) is 5.75 Å². The SMILES string of the molecule is COc1ccc(-c2ccccc2)c2nc(NC(=O)c3ccc(CCl)cc3)[nH]c12.Cl. The second-order valence-corrected chi connectivity index (χ2v) is 6.54. The standard InChI is InChI=1S/C22H18ClN3O2.ClH/c1-28-18-12-11-17(15-5-3-2-4-6-15)19-20(18)25-22(24-19)26-21(27)16-9-7-14(13-23)8-10-16;/h2-12H,13H2,1H3,(H2,24,25,26,27);1H. The summed E-state index contributed by atoms with van der Waals surface area (Å²) in [4.78, 5) is 20.3. The zero-order valence-corrected chi connectivity index (χ0v) is 17.2. The molecule has 0 unspecified atom stereocenters. The van der Waals surface area contributed by atoms with E-state index in [2.05, 4.69) is 15.3 Å². The third-order valence-electron chi connectivity index (χ3n) is 4.51. The molecule has 0 radical (unpaired) electrons. The van der Waals surface area contributed by atoms with Crippen molar-refractivity contribution in [2.24, 2.45) is 0 Å². The highest BCUT2D eigenvalue weighted by molar-refractivity contribution is 6.17. The third kappa shape index (κ3) is 4.21. The lowest BCUT2D eigenvalue weighted by molar-refractivity contribution is 0.102. The Morgan fingerprint density at radius 2 is 1.79 bits per heavy atom. The molecule has 148 valence electrons. The maximum absolute atomic E-state index is 12.6. The number of methoxy groups -OCH3 is 1. The fraction of sp³-hybridized carbons (Fsp3) is 0.0909. The van der Waals surface area contributed by atoms with Crippen molar-refractivity contribution in [3.05, 3.63) is 77.9 Å². The highest BCUT2D eigenvalue weighted by Gasteiger charge is 2.15. The Kier molecular flexibility index (Phi) is 6.42. The van der Waals surface area contributed by atoms with Crippen LogP contribution in [-0.2, 0) is 5.88 Å². The fourth-order valence-corrected chi connectivity index (χ4v) is 3.25. The molecule has 1 aromatic heterocycles. The number of anilines is 1. The summed E-state index contributed by atoms with van der Waals surface area (Å²) in [5, 5.41) is 2.82. The molecule has 0 atom stereocenters. The molecular formula is C22H19Cl2N3O2. The lowest BCUT2D eigenvalue weighted by Gasteiger charge is -2.05. The van der Waals surface area contributed by atoms with Gasteiger partial charge < -0.3 is 9.72 Å². The number of halogens is 2. The molecule has 2 N–H and O–H groups in total. The summed E-state index contributed by atoms with van der Waals surface area (Å²) in [5.41, 5.74) is 4.95. The smallest absolute Gasteiger partial charge is 0.257 e. The Morgan fingerprint density at radius 3 is 2.45 bits per heavy atom. The quantitative estimate of drug-likeness (QED) is 0.404. The number of benzene rings is 3. The van der Waals surface area contributed by atoms with Crippen molar-refractivity contribution < 1.29 is 9.53 Å². The molecule has 0 aliphatic carbocycles. The van der Waals surface area contributed by atoms with Crippen molar-refractivity contribution in [1.82, 2.24) is 9.97 Å². The first-order chi connectivity index (χ1) is 13.7. The molecule has 3 aromatic carbocycles. The van der Waals surface area contributed by atoms with Gasteiger partial charge in [-0.05, 0) is 35.4 Å². The predicted molar refractivity (Wildman–Crippen MR) is 119 cm³/mol. The van der Waals surface area contributed by atoms with Crippen molar-refractivity contribution >= 4 is 46.9 Å². The van der Waals surface area contributed by atoms with Gasteiger partial charge >= 0.3 is 0 Å². The minimum atomic E-state index is -0.250. The van der Waals surface area contributed by atoms with Crippen LogP contribution in [-0.4, -0.2) is 23.0 Å². The zero-order chi connectivity index (χ0) is 19.5. The third-order valence-corrected chi connectivity index (χ3v) is 4.82. The molecule has 0 spiro atoms. The van der Waals surface area contributed by atoms with E-state index < -0.39 is 0 Å². The lowest BCUT2D eigenvalue weighted by atomic mass is 10.0. The van der Waals surface area contributed by atoms with Gasteiger partial charge in [-0.1, -0.05) is 42.5 Å². The van der Waals surface area contributed by atoms with Crippen LogP contribution >= 0.6 is 24.0 Å². The number of ether oxygens (including phenoxy) is 1. The molecule has 0 aliphatic rings. The molecule has 1 amide bonds. The highest BCUT2D eigenvalue weighted by Crippen LogP contribution is 2.33. The highest BCUT2D eigenvalue weighted by atomic mass is 35.5. The summed E-state index contributed by atoms with van der Waals surface area (Å²) in [6, 6.07) is 21.0. The van der Waals surface area contributed by atoms with E-state index >= 15 is 0 Å². The van der Waals surface area contributed by atoms with E-state index in [-0.39, 0.29) is 18.3 Å². The number of fused-ring (bicyclic) bond motifs is 1. The van der Waals surface area contributed by atoms with Crippen LogP contribution < -0.4 is 10.1 Å². The van der Waals surface area contributed by atoms with Gasteiger partial charge in [-0.15, -0.1) is 24.0 Å². The van der Waals surface area contributed by atoms with E-state index in [1.54, 1.807) is 19.2 Å². The lowest BCUT2D eigenvalue weighted by Crippen LogP contribution is -2.12. The Bertz CT molecular complexity index is 1130. The van der Waals surface area contributed by atoms with Crippen LogP contribution in [0.1, 0.15) is 15.9 Å². The van der Waals surface area contributed by atoms with Gasteiger partial charge in [0.2, 0.25) is 5.95 Å². The number of rotatable bonds is 5. The first-order valence-electron chi connectivity index (χ1n) is 8.78. The zero-order valence-electron chi connectivity index (χ0n) is 15.6. The Balaban J connectivity index is 0.00000240. The van der Waals surface area contributed by atoms with Crippen LogP contribution in [0.2, 0.25) is 0 Å². The number of nitrogens with zero attached hydrogens (tertiary/aromatic N) is 1. The van der Waals surface area contributed by atoms with E-state index in [1.807, 2.05) is 54.6 Å². The maximum atomic E-state index is 12.6. The van der Waals surface area contributed by atoms with E-state index in [1.165, 1.54) is 0 Å². The second-order valence-electron chi connectivity index (χ2n) is 6.28. The molecule has 29 heavy (non-hydrogen) atoms. The first-order valence-corrected chi connectivity index (χ1v) is 9.31. The largest absolute Gasteiger partial charge is 0.494 e. The van der Waals surface area contributed by atoms with Crippen molar-refractivity contribution in [2.45, 2.75) is 5.88 Å². The van der Waals surface area contributed by atoms with Gasteiger partial charge in [0.05, 0.1) is 7.11 Å². The van der Waals surface area contributed by atoms with Gasteiger partial charge in [0, 0.05) is 17.0 Å². The van der Waals surface area contributed by atoms with Crippen LogP contribution in [0.4, 0.5) is 5.95 Å². The van der Waals surface area contributed by atoms with Gasteiger partial charge in [0.15, 0.2) is 0 Å². The number of aromatic amines is 1. The number of imidazole rings is 1. The fourth-order valence-electron chi connectivity index (χ4n) is 3.07. The van der Waals surface area contributed by atoms with Crippen molar-refractivity contribution in [2.75, 3.05) is 12.4 Å². The van der Waals surface area contributed by atoms with E-state index in [0.29, 0.717) is 23.1 Å². The molecule has 4 rings (SSSR count). The second kappa shape index (κ2) is 8.99. The summed E-state index contributed by atoms with van der Waals surface area (Å²) in [6.07, 6.45) is 0. The number of nitrogens with one attached hydrogen (secondary N) is 2. The van der Waals surface area contributed by atoms with Crippen molar-refractivity contribution in [3.63, 3.8) is 0 Å². The van der Waals surface area contributed by atoms with Crippen LogP contribution in [0.15, 0.2) is 66.7 Å². The van der Waals surface area contributed by atoms with Crippen molar-refractivity contribution in [3.8, 4) is 16.9 Å². The van der Waals surface area contributed by atoms with E-state index in [4.69, 9.17) is 16.3 Å². The maximum Gasteiger partial charge on any atom is 0.257 e. The monoisotopic (exact) mass is 427 g/mol. The molecule has 1 heterocycles. The summed E-state index contributed by atoms with van der Waals surface area (Å²) >= 11 is 5.80. The van der Waals surface area contributed by atoms with Gasteiger partial charge in [-0.3, -0.25) is 10.1 Å². The van der Waals surface area contributed by atoms with Crippen LogP contribution in [0, 0.1) is 0 Å². The predicted octanol–water partition coefficient (Wildman–Crippen LogP) is 5.65. The molecule has 4 aromatic rings. The van der Waals surface area contributed by atoms with Gasteiger partial charge in [-0.25, -0.2) is 4.98 Å². The van der Waals surface area contributed by atoms with Crippen LogP contribution in [0.3, 0.4) is 0 Å². The van der Waals surface area contributed by atoms with E-state index in [0.717, 1.165) is 27.7 Å². The summed E-state index contributed by atoms with van der Waals surface area (Å²) in [7, 11) is 1.61. The van der Waals surface area contributed by atoms with Gasteiger partial charge in [-0.2, -0.15) is 0 Å². The number of amides is 1. The number of aromatic nitrogens is 2. The minimum Gasteiger partial charge on any atom is -0.494 e. The average molecular weight is 428 g/mol. The molecular weight excluding hydrogens is 409 g/mol. The molecule has 0 aliphatic heterocycles. The van der Waals surface area contributed by atoms with Crippen molar-refractivity contribution in [1.29, 1.82) is 0 Å². The Hall–Kier alpha value is -3.02. The molecule has 0 bridgehead atoms. The molecule has 0 saturated heterocycles. The molecule has 0 fully saturated rings. The average Bonchev–Trinajstić information content (AvgIpc) is 3.17. The number of H-pyrrole nitrogens is 1. The van der Waals surface area contributed by atoms with Gasteiger partial charge in [0.1, 0.15) is 16.8 Å². The number of hydrogen-bond acceptors (Lipinski definition) is 3. The van der Waals surface area contributed by atoms with Crippen LogP contribution in [0.25, 0.3) is 22.2 Å². The normalized spacial score (nSPS) is 10.4. The molecule has 0 saturated carbocycles. The topological polar surface area (TPSA) is 67.0 Å². The summed E-state index contributed by atoms with van der Waals surface area (Å²) in [5.74, 6) is 1.19. The van der Waals surface area contributed by atoms with E-state index in [9.17, 15) is 4.79 Å². The molecule has 5 nitrogen and oxygen atoms in total. The summed E-state index contributed by atoms with van der Waals surface area (Å²) < 4.78 is 5.45. The number of carbonyl (C=O) groups excluding carboxylic acids is 1. The number of alkyl halides is 1. The van der Waals surface area contributed by atoms with Gasteiger partial charge in [0.25, 0.3) is 5.91 Å². The summed E-state index contributed by atoms with van der Waals surface area (Å²) in [6.45, 7) is 0. The number of carbonyl (C=O) groups is 1. The first kappa shape index (κ1) is 20.7. The minimum absolute atomic E-state index is 0. The number of hydrogen-bond donors (Lipinski definition) is 2.